The summed E-state index contributed by atoms with van der Waals surface area (Å²) in [6.07, 6.45) is 2.67. The number of nitrogens with one attached hydrogen (secondary N) is 1. The SMILES string of the molecule is COc1ccc(CCC(=O)Nc2ccc(OC)nc2)cc1. The fourth-order valence-corrected chi connectivity index (χ4v) is 1.85. The van der Waals surface area contributed by atoms with Crippen LogP contribution < -0.4 is 14.8 Å². The summed E-state index contributed by atoms with van der Waals surface area (Å²) in [4.78, 5) is 15.9. The van der Waals surface area contributed by atoms with Crippen LogP contribution in [-0.2, 0) is 11.2 Å². The van der Waals surface area contributed by atoms with Gasteiger partial charge in [0.15, 0.2) is 0 Å². The second-order valence-electron chi connectivity index (χ2n) is 4.49. The number of carbonyl (C=O) groups is 1. The van der Waals surface area contributed by atoms with Crippen LogP contribution in [0.2, 0.25) is 0 Å². The lowest BCUT2D eigenvalue weighted by molar-refractivity contribution is -0.116. The molecule has 0 aliphatic heterocycles. The first-order valence-corrected chi connectivity index (χ1v) is 6.64. The van der Waals surface area contributed by atoms with Gasteiger partial charge in [0.1, 0.15) is 5.75 Å². The smallest absolute Gasteiger partial charge is 0.224 e. The van der Waals surface area contributed by atoms with Gasteiger partial charge in [0.25, 0.3) is 0 Å². The molecule has 2 aromatic rings. The van der Waals surface area contributed by atoms with E-state index in [0.717, 1.165) is 11.3 Å². The van der Waals surface area contributed by atoms with Crippen molar-refractivity contribution in [3.8, 4) is 11.6 Å². The molecule has 1 aromatic heterocycles. The Bertz CT molecular complexity index is 579. The van der Waals surface area contributed by atoms with Gasteiger partial charge < -0.3 is 14.8 Å². The first-order valence-electron chi connectivity index (χ1n) is 6.64. The third-order valence-corrected chi connectivity index (χ3v) is 3.03. The number of amides is 1. The lowest BCUT2D eigenvalue weighted by atomic mass is 10.1. The van der Waals surface area contributed by atoms with E-state index >= 15 is 0 Å². The van der Waals surface area contributed by atoms with Gasteiger partial charge in [0, 0.05) is 12.5 Å². The van der Waals surface area contributed by atoms with E-state index in [2.05, 4.69) is 10.3 Å². The molecule has 1 heterocycles. The Hall–Kier alpha value is -2.56. The van der Waals surface area contributed by atoms with E-state index in [1.807, 2.05) is 24.3 Å². The zero-order valence-electron chi connectivity index (χ0n) is 12.1. The number of ether oxygens (including phenoxy) is 2. The molecule has 0 aliphatic carbocycles. The number of hydrogen-bond donors (Lipinski definition) is 1. The monoisotopic (exact) mass is 286 g/mol. The number of pyridine rings is 1. The van der Waals surface area contributed by atoms with E-state index in [-0.39, 0.29) is 5.91 Å². The third kappa shape index (κ3) is 4.49. The number of rotatable bonds is 6. The largest absolute Gasteiger partial charge is 0.497 e. The van der Waals surface area contributed by atoms with Crippen LogP contribution in [0.5, 0.6) is 11.6 Å². The van der Waals surface area contributed by atoms with Crippen molar-refractivity contribution in [3.63, 3.8) is 0 Å². The van der Waals surface area contributed by atoms with Crippen LogP contribution in [0.1, 0.15) is 12.0 Å². The fraction of sp³-hybridized carbons (Fsp3) is 0.250. The van der Waals surface area contributed by atoms with Gasteiger partial charge in [-0.3, -0.25) is 4.79 Å². The maximum atomic E-state index is 11.9. The first kappa shape index (κ1) is 14.8. The number of anilines is 1. The molecular weight excluding hydrogens is 268 g/mol. The fourth-order valence-electron chi connectivity index (χ4n) is 1.85. The van der Waals surface area contributed by atoms with E-state index < -0.39 is 0 Å². The molecular formula is C16H18N2O3. The Kier molecular flexibility index (Phi) is 5.15. The van der Waals surface area contributed by atoms with Gasteiger partial charge >= 0.3 is 0 Å². The molecule has 5 heteroatoms. The van der Waals surface area contributed by atoms with Crippen LogP contribution in [0.25, 0.3) is 0 Å². The zero-order chi connectivity index (χ0) is 15.1. The Morgan fingerprint density at radius 3 is 2.43 bits per heavy atom. The summed E-state index contributed by atoms with van der Waals surface area (Å²) in [7, 11) is 3.18. The maximum Gasteiger partial charge on any atom is 0.224 e. The van der Waals surface area contributed by atoms with Crippen molar-refractivity contribution in [2.24, 2.45) is 0 Å². The van der Waals surface area contributed by atoms with Crippen molar-refractivity contribution in [1.29, 1.82) is 0 Å². The molecule has 0 fully saturated rings. The number of aromatic nitrogens is 1. The van der Waals surface area contributed by atoms with Gasteiger partial charge in [-0.05, 0) is 30.2 Å². The van der Waals surface area contributed by atoms with Gasteiger partial charge in [0.2, 0.25) is 11.8 Å². The number of aryl methyl sites for hydroxylation is 1. The number of hydrogen-bond acceptors (Lipinski definition) is 4. The van der Waals surface area contributed by atoms with E-state index in [0.29, 0.717) is 24.4 Å². The van der Waals surface area contributed by atoms with Crippen LogP contribution in [0.15, 0.2) is 42.6 Å². The zero-order valence-corrected chi connectivity index (χ0v) is 12.1. The van der Waals surface area contributed by atoms with Crippen LogP contribution in [0, 0.1) is 0 Å². The molecule has 0 atom stereocenters. The average Bonchev–Trinajstić information content (AvgIpc) is 2.54. The highest BCUT2D eigenvalue weighted by molar-refractivity contribution is 5.90. The molecule has 1 aromatic carbocycles. The number of nitrogens with zero attached hydrogens (tertiary/aromatic N) is 1. The molecule has 0 spiro atoms. The second-order valence-corrected chi connectivity index (χ2v) is 4.49. The van der Waals surface area contributed by atoms with Crippen molar-refractivity contribution >= 4 is 11.6 Å². The summed E-state index contributed by atoms with van der Waals surface area (Å²) in [5.74, 6) is 1.29. The van der Waals surface area contributed by atoms with E-state index in [4.69, 9.17) is 9.47 Å². The quantitative estimate of drug-likeness (QED) is 0.887. The van der Waals surface area contributed by atoms with Crippen LogP contribution in [0.3, 0.4) is 0 Å². The van der Waals surface area contributed by atoms with Crippen molar-refractivity contribution < 1.29 is 14.3 Å². The topological polar surface area (TPSA) is 60.5 Å². The molecule has 1 N–H and O–H groups in total. The standard InChI is InChI=1S/C16H18N2O3/c1-20-14-7-3-12(4-8-14)5-9-15(19)18-13-6-10-16(21-2)17-11-13/h3-4,6-8,10-11H,5,9H2,1-2H3,(H,18,19). The second kappa shape index (κ2) is 7.28. The minimum Gasteiger partial charge on any atom is -0.497 e. The Balaban J connectivity index is 1.83. The summed E-state index contributed by atoms with van der Waals surface area (Å²) in [5.41, 5.74) is 1.76. The van der Waals surface area contributed by atoms with Crippen molar-refractivity contribution in [2.75, 3.05) is 19.5 Å². The minimum absolute atomic E-state index is 0.0437. The predicted molar refractivity (Wildman–Crippen MR) is 80.7 cm³/mol. The molecule has 0 saturated carbocycles. The van der Waals surface area contributed by atoms with Crippen LogP contribution in [-0.4, -0.2) is 25.1 Å². The predicted octanol–water partition coefficient (Wildman–Crippen LogP) is 2.67. The van der Waals surface area contributed by atoms with Gasteiger partial charge in [0.05, 0.1) is 26.1 Å². The summed E-state index contributed by atoms with van der Waals surface area (Å²) in [5, 5.41) is 2.80. The van der Waals surface area contributed by atoms with Gasteiger partial charge in [-0.2, -0.15) is 0 Å². The number of carbonyl (C=O) groups excluding carboxylic acids is 1. The Labute approximate surface area is 123 Å². The van der Waals surface area contributed by atoms with Crippen molar-refractivity contribution in [3.05, 3.63) is 48.2 Å². The molecule has 2 rings (SSSR count). The number of benzene rings is 1. The molecule has 1 amide bonds. The molecule has 0 unspecified atom stereocenters. The normalized spacial score (nSPS) is 10.0. The first-order chi connectivity index (χ1) is 10.2. The lowest BCUT2D eigenvalue weighted by Crippen LogP contribution is -2.12. The molecule has 0 aliphatic rings. The molecule has 110 valence electrons. The summed E-state index contributed by atoms with van der Waals surface area (Å²) < 4.78 is 10.1. The summed E-state index contributed by atoms with van der Waals surface area (Å²) in [6, 6.07) is 11.2. The highest BCUT2D eigenvalue weighted by Crippen LogP contribution is 2.14. The highest BCUT2D eigenvalue weighted by atomic mass is 16.5. The van der Waals surface area contributed by atoms with Gasteiger partial charge in [-0.1, -0.05) is 12.1 Å². The highest BCUT2D eigenvalue weighted by Gasteiger charge is 2.04. The molecule has 5 nitrogen and oxygen atoms in total. The van der Waals surface area contributed by atoms with Crippen LogP contribution in [0.4, 0.5) is 5.69 Å². The lowest BCUT2D eigenvalue weighted by Gasteiger charge is -2.06. The summed E-state index contributed by atoms with van der Waals surface area (Å²) in [6.45, 7) is 0. The molecule has 0 saturated heterocycles. The summed E-state index contributed by atoms with van der Waals surface area (Å²) >= 11 is 0. The van der Waals surface area contributed by atoms with Gasteiger partial charge in [-0.15, -0.1) is 0 Å². The van der Waals surface area contributed by atoms with Crippen molar-refractivity contribution in [1.82, 2.24) is 4.98 Å². The third-order valence-electron chi connectivity index (χ3n) is 3.03. The molecule has 21 heavy (non-hydrogen) atoms. The van der Waals surface area contributed by atoms with Crippen LogP contribution >= 0.6 is 0 Å². The van der Waals surface area contributed by atoms with Gasteiger partial charge in [-0.25, -0.2) is 4.98 Å². The average molecular weight is 286 g/mol. The Morgan fingerprint density at radius 1 is 1.10 bits per heavy atom. The molecule has 0 radical (unpaired) electrons. The Morgan fingerprint density at radius 2 is 1.86 bits per heavy atom. The maximum absolute atomic E-state index is 11.9. The van der Waals surface area contributed by atoms with E-state index in [9.17, 15) is 4.79 Å². The minimum atomic E-state index is -0.0437. The number of methoxy groups -OCH3 is 2. The van der Waals surface area contributed by atoms with E-state index in [1.54, 1.807) is 32.5 Å². The van der Waals surface area contributed by atoms with Crippen molar-refractivity contribution in [2.45, 2.75) is 12.8 Å². The van der Waals surface area contributed by atoms with E-state index in [1.165, 1.54) is 0 Å². The molecule has 0 bridgehead atoms.